The van der Waals surface area contributed by atoms with Crippen molar-refractivity contribution in [2.45, 2.75) is 0 Å². The van der Waals surface area contributed by atoms with Gasteiger partial charge in [0.2, 0.25) is 0 Å². The number of rotatable bonds is 5. The van der Waals surface area contributed by atoms with Gasteiger partial charge in [0, 0.05) is 33.0 Å². The Kier molecular flexibility index (Phi) is 7.10. The van der Waals surface area contributed by atoms with Crippen LogP contribution < -0.4 is 0 Å². The van der Waals surface area contributed by atoms with Crippen LogP contribution in [-0.4, -0.2) is 19.9 Å². The van der Waals surface area contributed by atoms with Crippen LogP contribution in [0.25, 0.3) is 111 Å². The summed E-state index contributed by atoms with van der Waals surface area (Å²) in [5, 5.41) is 7.85. The van der Waals surface area contributed by atoms with Crippen LogP contribution in [-0.2, 0) is 0 Å². The molecular weight excluding hydrogens is 673 g/mol. The molecule has 11 rings (SSSR count). The average molecular weight is 703 g/mol. The summed E-state index contributed by atoms with van der Waals surface area (Å²) >= 11 is 0. The summed E-state index contributed by atoms with van der Waals surface area (Å²) in [4.78, 5) is 20.4. The van der Waals surface area contributed by atoms with Crippen LogP contribution in [0.4, 0.5) is 0 Å². The van der Waals surface area contributed by atoms with Crippen molar-refractivity contribution in [1.29, 1.82) is 0 Å². The molecule has 0 radical (unpaired) electrons. The highest BCUT2D eigenvalue weighted by atomic mass is 16.3. The second-order valence-electron chi connectivity index (χ2n) is 13.8. The van der Waals surface area contributed by atoms with Crippen molar-refractivity contribution < 1.29 is 4.42 Å². The van der Waals surface area contributed by atoms with E-state index in [9.17, 15) is 0 Å². The third kappa shape index (κ3) is 5.24. The molecule has 0 saturated heterocycles. The number of benzene rings is 8. The topological polar surface area (TPSA) is 64.7 Å². The van der Waals surface area contributed by atoms with E-state index in [1.807, 2.05) is 78.9 Å². The predicted molar refractivity (Wildman–Crippen MR) is 225 cm³/mol. The van der Waals surface area contributed by atoms with Crippen molar-refractivity contribution in [2.75, 3.05) is 0 Å². The molecule has 0 aliphatic carbocycles. The maximum absolute atomic E-state index is 6.61. The summed E-state index contributed by atoms with van der Waals surface area (Å²) in [6.07, 6.45) is 0. The van der Waals surface area contributed by atoms with Gasteiger partial charge in [-0.25, -0.2) is 19.9 Å². The summed E-state index contributed by atoms with van der Waals surface area (Å²) in [5.74, 6) is 1.80. The molecule has 5 nitrogen and oxygen atoms in total. The van der Waals surface area contributed by atoms with E-state index in [2.05, 4.69) is 103 Å². The molecule has 0 atom stereocenters. The zero-order valence-electron chi connectivity index (χ0n) is 29.5. The number of furan rings is 1. The first kappa shape index (κ1) is 31.1. The number of fused-ring (bicyclic) bond motifs is 8. The van der Waals surface area contributed by atoms with Gasteiger partial charge < -0.3 is 4.42 Å². The molecule has 55 heavy (non-hydrogen) atoms. The quantitative estimate of drug-likeness (QED) is 0.167. The largest absolute Gasteiger partial charge is 0.455 e. The van der Waals surface area contributed by atoms with E-state index in [1.165, 1.54) is 27.1 Å². The van der Waals surface area contributed by atoms with E-state index in [4.69, 9.17) is 24.4 Å². The van der Waals surface area contributed by atoms with E-state index >= 15 is 0 Å². The minimum atomic E-state index is 0.583. The number of nitrogens with zero attached hydrogens (tertiary/aromatic N) is 4. The Morgan fingerprint density at radius 2 is 0.891 bits per heavy atom. The Balaban J connectivity index is 1.08. The minimum absolute atomic E-state index is 0.583. The molecule has 0 N–H and O–H groups in total. The highest BCUT2D eigenvalue weighted by Crippen LogP contribution is 2.41. The Bertz CT molecular complexity index is 3250. The summed E-state index contributed by atoms with van der Waals surface area (Å²) in [6.45, 7) is 0. The Labute approximate surface area is 316 Å². The normalized spacial score (nSPS) is 11.6. The zero-order valence-corrected chi connectivity index (χ0v) is 29.5. The molecule has 0 amide bonds. The van der Waals surface area contributed by atoms with Crippen LogP contribution in [0.5, 0.6) is 0 Å². The van der Waals surface area contributed by atoms with Gasteiger partial charge in [0.1, 0.15) is 11.2 Å². The number of aromatic nitrogens is 4. The number of para-hydroxylation sites is 1. The molecule has 0 saturated carbocycles. The van der Waals surface area contributed by atoms with Gasteiger partial charge in [-0.3, -0.25) is 0 Å². The lowest BCUT2D eigenvalue weighted by Gasteiger charge is -2.12. The smallest absolute Gasteiger partial charge is 0.164 e. The first-order valence-electron chi connectivity index (χ1n) is 18.4. The first-order valence-corrected chi connectivity index (χ1v) is 18.4. The molecule has 8 aromatic carbocycles. The molecular formula is C50H30N4O. The molecule has 0 unspecified atom stereocenters. The second-order valence-corrected chi connectivity index (χ2v) is 13.8. The third-order valence-electron chi connectivity index (χ3n) is 10.5. The second kappa shape index (κ2) is 12.6. The maximum atomic E-state index is 6.61. The zero-order chi connectivity index (χ0) is 36.3. The molecule has 5 heteroatoms. The minimum Gasteiger partial charge on any atom is -0.455 e. The Morgan fingerprint density at radius 3 is 1.64 bits per heavy atom. The monoisotopic (exact) mass is 702 g/mol. The van der Waals surface area contributed by atoms with Gasteiger partial charge in [-0.15, -0.1) is 0 Å². The fourth-order valence-corrected chi connectivity index (χ4v) is 7.85. The first-order chi connectivity index (χ1) is 27.2. The van der Waals surface area contributed by atoms with Gasteiger partial charge in [-0.05, 0) is 69.1 Å². The SMILES string of the molecule is c1ccc(-c2nc(-c3ccc(-c4cc5ccccc5c5ccccc45)cc3)nc(-c3ccc4oc5c6ccccc6nc(-c6ccccc6)c5c4c3)n2)cc1. The molecule has 3 heterocycles. The van der Waals surface area contributed by atoms with Crippen LogP contribution in [0.3, 0.4) is 0 Å². The fraction of sp³-hybridized carbons (Fsp3) is 0. The van der Waals surface area contributed by atoms with Crippen LogP contribution in [0.2, 0.25) is 0 Å². The summed E-state index contributed by atoms with van der Waals surface area (Å²) in [5.41, 5.74) is 9.42. The van der Waals surface area contributed by atoms with Crippen molar-refractivity contribution in [3.05, 3.63) is 182 Å². The standard InChI is InChI=1S/C50H30N4O/c1-3-13-32(14-4-1)46-45-42-30-36(27-28-44(42)55-47(45)40-21-11-12-22-43(40)51-46)50-53-48(33-15-5-2-6-16-33)52-49(54-50)34-25-23-31(24-26-34)41-29-35-17-7-8-18-37(35)38-19-9-10-20-39(38)41/h1-30H. The van der Waals surface area contributed by atoms with Crippen molar-refractivity contribution >= 4 is 54.4 Å². The van der Waals surface area contributed by atoms with Crippen LogP contribution >= 0.6 is 0 Å². The van der Waals surface area contributed by atoms with Gasteiger partial charge in [0.15, 0.2) is 17.5 Å². The molecule has 0 aliphatic heterocycles. The highest BCUT2D eigenvalue weighted by Gasteiger charge is 2.20. The lowest BCUT2D eigenvalue weighted by Crippen LogP contribution is -2.00. The molecule has 256 valence electrons. The van der Waals surface area contributed by atoms with E-state index in [-0.39, 0.29) is 0 Å². The molecule has 11 aromatic rings. The van der Waals surface area contributed by atoms with E-state index in [0.29, 0.717) is 17.5 Å². The number of pyridine rings is 1. The lowest BCUT2D eigenvalue weighted by molar-refractivity contribution is 0.672. The van der Waals surface area contributed by atoms with E-state index in [1.54, 1.807) is 0 Å². The van der Waals surface area contributed by atoms with Gasteiger partial charge in [0.25, 0.3) is 0 Å². The molecule has 0 spiro atoms. The summed E-state index contributed by atoms with van der Waals surface area (Å²) < 4.78 is 6.61. The number of hydrogen-bond acceptors (Lipinski definition) is 5. The van der Waals surface area contributed by atoms with E-state index in [0.717, 1.165) is 66.4 Å². The van der Waals surface area contributed by atoms with Crippen LogP contribution in [0.1, 0.15) is 0 Å². The third-order valence-corrected chi connectivity index (χ3v) is 10.5. The van der Waals surface area contributed by atoms with Crippen molar-refractivity contribution in [3.8, 4) is 56.5 Å². The van der Waals surface area contributed by atoms with Crippen molar-refractivity contribution in [1.82, 2.24) is 19.9 Å². The van der Waals surface area contributed by atoms with Crippen molar-refractivity contribution in [3.63, 3.8) is 0 Å². The number of hydrogen-bond donors (Lipinski definition) is 0. The fourth-order valence-electron chi connectivity index (χ4n) is 7.85. The van der Waals surface area contributed by atoms with Crippen molar-refractivity contribution in [2.24, 2.45) is 0 Å². The average Bonchev–Trinajstić information content (AvgIpc) is 3.66. The van der Waals surface area contributed by atoms with E-state index < -0.39 is 0 Å². The molecule has 0 aliphatic rings. The van der Waals surface area contributed by atoms with Gasteiger partial charge in [-0.2, -0.15) is 0 Å². The lowest BCUT2D eigenvalue weighted by atomic mass is 9.93. The Morgan fingerprint density at radius 1 is 0.345 bits per heavy atom. The van der Waals surface area contributed by atoms with Crippen LogP contribution in [0.15, 0.2) is 186 Å². The summed E-state index contributed by atoms with van der Waals surface area (Å²) in [7, 11) is 0. The molecule has 3 aromatic heterocycles. The highest BCUT2D eigenvalue weighted by molar-refractivity contribution is 6.19. The molecule has 0 bridgehead atoms. The van der Waals surface area contributed by atoms with Gasteiger partial charge in [-0.1, -0.05) is 146 Å². The summed E-state index contributed by atoms with van der Waals surface area (Å²) in [6, 6.07) is 62.8. The Hall–Kier alpha value is -7.50. The maximum Gasteiger partial charge on any atom is 0.164 e. The predicted octanol–water partition coefficient (Wildman–Crippen LogP) is 13.0. The van der Waals surface area contributed by atoms with Crippen LogP contribution in [0, 0.1) is 0 Å². The van der Waals surface area contributed by atoms with Gasteiger partial charge >= 0.3 is 0 Å². The molecule has 0 fully saturated rings. The van der Waals surface area contributed by atoms with Gasteiger partial charge in [0.05, 0.1) is 16.6 Å².